The lowest BCUT2D eigenvalue weighted by atomic mass is 9.41. The van der Waals surface area contributed by atoms with Crippen molar-refractivity contribution in [2.45, 2.75) is 42.9 Å². The third kappa shape index (κ3) is 1.45. The molecule has 6 atom stereocenters. The normalized spacial score (nSPS) is 47.2. The molecule has 29 heavy (non-hydrogen) atoms. The first-order valence-electron chi connectivity index (χ1n) is 10.2. The molecule has 1 aliphatic carbocycles. The number of nitrogens with one attached hydrogen (secondary N) is 1. The Morgan fingerprint density at radius 2 is 2.17 bits per heavy atom. The van der Waals surface area contributed by atoms with Gasteiger partial charge in [-0.2, -0.15) is 0 Å². The number of methoxy groups -OCH3 is 2. The van der Waals surface area contributed by atoms with E-state index in [2.05, 4.69) is 22.4 Å². The van der Waals surface area contributed by atoms with Gasteiger partial charge in [0, 0.05) is 38.1 Å². The van der Waals surface area contributed by atoms with Gasteiger partial charge in [-0.3, -0.25) is 4.79 Å². The van der Waals surface area contributed by atoms with E-state index in [4.69, 9.17) is 14.2 Å². The topological polar surface area (TPSA) is 80.3 Å². The zero-order chi connectivity index (χ0) is 20.2. The zero-order valence-electron chi connectivity index (χ0n) is 16.9. The van der Waals surface area contributed by atoms with Crippen LogP contribution >= 0.6 is 0 Å². The van der Waals surface area contributed by atoms with Gasteiger partial charge in [0.05, 0.1) is 19.1 Å². The van der Waals surface area contributed by atoms with E-state index in [0.29, 0.717) is 19.4 Å². The van der Waals surface area contributed by atoms with Crippen LogP contribution in [-0.4, -0.2) is 61.0 Å². The van der Waals surface area contributed by atoms with Gasteiger partial charge in [-0.15, -0.1) is 0 Å². The first-order chi connectivity index (χ1) is 14.0. The van der Waals surface area contributed by atoms with Gasteiger partial charge in [0.2, 0.25) is 0 Å². The van der Waals surface area contributed by atoms with E-state index in [9.17, 15) is 9.90 Å². The number of aliphatic hydroxyl groups excluding tert-OH is 1. The van der Waals surface area contributed by atoms with Crippen LogP contribution in [0.5, 0.6) is 0 Å². The van der Waals surface area contributed by atoms with Crippen LogP contribution in [0.1, 0.15) is 25.3 Å². The number of allylic oxidation sites excluding steroid dienone is 1. The average molecular weight is 398 g/mol. The minimum atomic E-state index is -1.16. The van der Waals surface area contributed by atoms with Crippen molar-refractivity contribution in [2.75, 3.05) is 32.7 Å². The Balaban J connectivity index is 1.77. The monoisotopic (exact) mass is 398 g/mol. The largest absolute Gasteiger partial charge is 0.468 e. The summed E-state index contributed by atoms with van der Waals surface area (Å²) < 4.78 is 18.4. The minimum absolute atomic E-state index is 0.204. The van der Waals surface area contributed by atoms with Crippen LogP contribution in [0.15, 0.2) is 35.9 Å². The molecule has 0 unspecified atom stereocenters. The van der Waals surface area contributed by atoms with Crippen molar-refractivity contribution in [3.63, 3.8) is 0 Å². The second-order valence-electron chi connectivity index (χ2n) is 8.89. The van der Waals surface area contributed by atoms with Crippen LogP contribution in [0, 0.1) is 11.3 Å². The minimum Gasteiger partial charge on any atom is -0.468 e. The molecular weight excluding hydrogens is 372 g/mol. The summed E-state index contributed by atoms with van der Waals surface area (Å²) in [6, 6.07) is 8.03. The quantitative estimate of drug-likeness (QED) is 0.591. The van der Waals surface area contributed by atoms with Gasteiger partial charge in [-0.25, -0.2) is 4.90 Å². The van der Waals surface area contributed by atoms with E-state index >= 15 is 0 Å². The fourth-order valence-corrected chi connectivity index (χ4v) is 7.65. The Kier molecular flexibility index (Phi) is 3.21. The maximum absolute atomic E-state index is 13.6. The predicted molar refractivity (Wildman–Crippen MR) is 104 cm³/mol. The maximum atomic E-state index is 13.6. The number of carbonyl (C=O) groups is 1. The number of carbonyl (C=O) groups excluding carboxylic acids is 1. The molecular formula is C22H26N2O5. The van der Waals surface area contributed by atoms with Crippen molar-refractivity contribution >= 4 is 11.7 Å². The SMILES string of the molecule is C/C=C1/CN2[C@@H]3C[C@@]45c6ccccc6N[C@]4(O3)[C@]2(OC)C[C@@H]1[C@@]5(CO)C(=O)OC. The first kappa shape index (κ1) is 17.9. The molecule has 0 aromatic heterocycles. The lowest BCUT2D eigenvalue weighted by molar-refractivity contribution is -0.277. The highest BCUT2D eigenvalue weighted by molar-refractivity contribution is 5.86. The van der Waals surface area contributed by atoms with E-state index in [1.165, 1.54) is 7.11 Å². The average Bonchev–Trinajstić information content (AvgIpc) is 3.34. The van der Waals surface area contributed by atoms with Crippen LogP contribution in [0.3, 0.4) is 0 Å². The van der Waals surface area contributed by atoms with E-state index in [0.717, 1.165) is 16.8 Å². The number of para-hydroxylation sites is 1. The number of esters is 1. The third-order valence-corrected chi connectivity index (χ3v) is 8.60. The Labute approximate surface area is 169 Å². The molecule has 154 valence electrons. The molecule has 2 N–H and O–H groups in total. The highest BCUT2D eigenvalue weighted by Crippen LogP contribution is 2.79. The molecule has 4 heterocycles. The lowest BCUT2D eigenvalue weighted by Crippen LogP contribution is -2.84. The van der Waals surface area contributed by atoms with Gasteiger partial charge in [-0.05, 0) is 18.6 Å². The Hall–Kier alpha value is -1.93. The second kappa shape index (κ2) is 5.21. The Bertz CT molecular complexity index is 964. The number of aliphatic hydroxyl groups is 1. The molecule has 0 radical (unpaired) electrons. The lowest BCUT2D eigenvalue weighted by Gasteiger charge is -2.68. The van der Waals surface area contributed by atoms with Crippen molar-refractivity contribution in [1.29, 1.82) is 0 Å². The fourth-order valence-electron chi connectivity index (χ4n) is 7.65. The van der Waals surface area contributed by atoms with Gasteiger partial charge in [-0.1, -0.05) is 29.8 Å². The number of anilines is 1. The van der Waals surface area contributed by atoms with Crippen molar-refractivity contribution in [1.82, 2.24) is 4.90 Å². The molecule has 1 aromatic carbocycles. The second-order valence-corrected chi connectivity index (χ2v) is 8.89. The van der Waals surface area contributed by atoms with E-state index < -0.39 is 22.3 Å². The van der Waals surface area contributed by atoms with E-state index in [-0.39, 0.29) is 24.7 Å². The van der Waals surface area contributed by atoms with Crippen molar-refractivity contribution in [3.8, 4) is 0 Å². The number of fused-ring (bicyclic) bond motifs is 4. The van der Waals surface area contributed by atoms with Gasteiger partial charge in [0.15, 0.2) is 11.4 Å². The van der Waals surface area contributed by atoms with Gasteiger partial charge in [0.25, 0.3) is 0 Å². The summed E-state index contributed by atoms with van der Waals surface area (Å²) in [6.45, 7) is 2.33. The van der Waals surface area contributed by atoms with Crippen LogP contribution in [0.4, 0.5) is 5.69 Å². The number of benzene rings is 1. The van der Waals surface area contributed by atoms with Crippen LogP contribution in [0.25, 0.3) is 0 Å². The molecule has 1 spiro atoms. The number of hydrogen-bond acceptors (Lipinski definition) is 7. The molecule has 6 rings (SSSR count). The molecule has 7 heteroatoms. The van der Waals surface area contributed by atoms with Crippen LogP contribution in [0.2, 0.25) is 0 Å². The summed E-state index contributed by atoms with van der Waals surface area (Å²) in [6.07, 6.45) is 3.03. The summed E-state index contributed by atoms with van der Waals surface area (Å²) in [4.78, 5) is 15.9. The van der Waals surface area contributed by atoms with Crippen molar-refractivity contribution in [3.05, 3.63) is 41.5 Å². The summed E-state index contributed by atoms with van der Waals surface area (Å²) >= 11 is 0. The molecule has 1 aromatic rings. The third-order valence-electron chi connectivity index (χ3n) is 8.60. The summed E-state index contributed by atoms with van der Waals surface area (Å²) in [5, 5.41) is 14.6. The molecule has 1 saturated carbocycles. The number of nitrogens with zero attached hydrogens (tertiary/aromatic N) is 1. The van der Waals surface area contributed by atoms with Gasteiger partial charge in [0.1, 0.15) is 11.6 Å². The molecule has 3 saturated heterocycles. The molecule has 0 amide bonds. The van der Waals surface area contributed by atoms with E-state index in [1.54, 1.807) is 7.11 Å². The molecule has 7 nitrogen and oxygen atoms in total. The van der Waals surface area contributed by atoms with Crippen molar-refractivity contribution in [2.24, 2.45) is 11.3 Å². The number of ether oxygens (including phenoxy) is 3. The first-order valence-corrected chi connectivity index (χ1v) is 10.2. The van der Waals surface area contributed by atoms with Crippen molar-refractivity contribution < 1.29 is 24.1 Å². The molecule has 4 bridgehead atoms. The predicted octanol–water partition coefficient (Wildman–Crippen LogP) is 1.58. The number of piperidine rings is 2. The van der Waals surface area contributed by atoms with Crippen LogP contribution < -0.4 is 5.32 Å². The number of hydrogen-bond donors (Lipinski definition) is 2. The fraction of sp³-hybridized carbons (Fsp3) is 0.591. The Morgan fingerprint density at radius 1 is 1.38 bits per heavy atom. The standard InChI is InChI=1S/C22H26N2O5/c1-4-13-11-24-17-10-20-14-7-5-6-8-16(14)23-22(20,29-17)21(24,28-3)9-15(13)19(20,12-25)18(26)27-2/h4-8,15,17,23,25H,9-12H2,1-3H3/b13-4-/t15-,17-,19-,20-,21+,22+/m0/s1. The smallest absolute Gasteiger partial charge is 0.315 e. The van der Waals surface area contributed by atoms with Crippen LogP contribution in [-0.2, 0) is 24.4 Å². The molecule has 5 aliphatic rings. The van der Waals surface area contributed by atoms with E-state index in [1.807, 2.05) is 25.1 Å². The maximum Gasteiger partial charge on any atom is 0.315 e. The zero-order valence-corrected chi connectivity index (χ0v) is 16.9. The summed E-state index contributed by atoms with van der Waals surface area (Å²) in [5.41, 5.74) is -0.579. The van der Waals surface area contributed by atoms with Gasteiger partial charge >= 0.3 is 5.97 Å². The summed E-state index contributed by atoms with van der Waals surface area (Å²) in [5.74, 6) is -0.582. The van der Waals surface area contributed by atoms with Gasteiger partial charge < -0.3 is 24.6 Å². The molecule has 4 fully saturated rings. The number of rotatable bonds is 3. The summed E-state index contributed by atoms with van der Waals surface area (Å²) in [7, 11) is 3.14. The Morgan fingerprint density at radius 3 is 2.86 bits per heavy atom. The highest BCUT2D eigenvalue weighted by Gasteiger charge is 2.92. The highest BCUT2D eigenvalue weighted by atomic mass is 16.6. The molecule has 4 aliphatic heterocycles.